The number of rotatable bonds is 3. The second kappa shape index (κ2) is 14.5. The van der Waals surface area contributed by atoms with E-state index in [1.165, 1.54) is 4.90 Å². The highest BCUT2D eigenvalue weighted by Gasteiger charge is 2.38. The van der Waals surface area contributed by atoms with Crippen molar-refractivity contribution in [1.82, 2.24) is 4.90 Å². The van der Waals surface area contributed by atoms with Crippen LogP contribution in [0.2, 0.25) is 0 Å². The summed E-state index contributed by atoms with van der Waals surface area (Å²) < 4.78 is 0. The fraction of sp³-hybridized carbons (Fsp3) is 0.842. The van der Waals surface area contributed by atoms with Gasteiger partial charge in [0, 0.05) is 18.9 Å². The van der Waals surface area contributed by atoms with Crippen LogP contribution in [0.25, 0.3) is 0 Å². The Bertz CT molecular complexity index is 377. The highest BCUT2D eigenvalue weighted by Crippen LogP contribution is 2.31. The first-order chi connectivity index (χ1) is 11.5. The summed E-state index contributed by atoms with van der Waals surface area (Å²) in [6.45, 7) is 14.2. The molecular formula is C19H37NO3S. The maximum Gasteiger partial charge on any atom is 0.242 e. The fourth-order valence-corrected chi connectivity index (χ4v) is 3.16. The van der Waals surface area contributed by atoms with Gasteiger partial charge in [0.25, 0.3) is 0 Å². The van der Waals surface area contributed by atoms with E-state index >= 15 is 0 Å². The van der Waals surface area contributed by atoms with Gasteiger partial charge in [-0.3, -0.25) is 19.3 Å². The van der Waals surface area contributed by atoms with Gasteiger partial charge in [0.2, 0.25) is 11.8 Å². The van der Waals surface area contributed by atoms with E-state index in [0.29, 0.717) is 12.5 Å². The van der Waals surface area contributed by atoms with Crippen molar-refractivity contribution >= 4 is 30.2 Å². The molecule has 0 aromatic carbocycles. The number of nitrogens with zero attached hydrogens (tertiary/aromatic N) is 1. The Kier molecular flexibility index (Phi) is 15.3. The molecule has 1 saturated heterocycles. The Morgan fingerprint density at radius 1 is 1.00 bits per heavy atom. The molecule has 0 bridgehead atoms. The Hall–Kier alpha value is -0.840. The lowest BCUT2D eigenvalue weighted by Gasteiger charge is -2.29. The van der Waals surface area contributed by atoms with Gasteiger partial charge >= 0.3 is 0 Å². The molecular weight excluding hydrogens is 322 g/mol. The van der Waals surface area contributed by atoms with Crippen molar-refractivity contribution in [1.29, 1.82) is 0 Å². The highest BCUT2D eigenvalue weighted by atomic mass is 32.1. The molecule has 1 atom stereocenters. The lowest BCUT2D eigenvalue weighted by atomic mass is 9.80. The molecule has 2 fully saturated rings. The van der Waals surface area contributed by atoms with Crippen molar-refractivity contribution in [3.05, 3.63) is 0 Å². The zero-order valence-electron chi connectivity index (χ0n) is 16.6. The van der Waals surface area contributed by atoms with E-state index in [-0.39, 0.29) is 29.9 Å². The third kappa shape index (κ3) is 7.82. The molecule has 0 aromatic rings. The van der Waals surface area contributed by atoms with Crippen LogP contribution in [0.3, 0.4) is 0 Å². The van der Waals surface area contributed by atoms with Crippen LogP contribution in [0.15, 0.2) is 0 Å². The third-order valence-corrected chi connectivity index (χ3v) is 4.49. The molecule has 4 nitrogen and oxygen atoms in total. The molecule has 1 unspecified atom stereocenters. The average Bonchev–Trinajstić information content (AvgIpc) is 2.87. The van der Waals surface area contributed by atoms with Crippen LogP contribution >= 0.6 is 12.6 Å². The quantitative estimate of drug-likeness (QED) is 0.595. The predicted octanol–water partition coefficient (Wildman–Crippen LogP) is 4.52. The molecule has 2 rings (SSSR count). The Labute approximate surface area is 154 Å². The van der Waals surface area contributed by atoms with E-state index in [1.54, 1.807) is 6.92 Å². The van der Waals surface area contributed by atoms with E-state index < -0.39 is 5.25 Å². The average molecular weight is 360 g/mol. The summed E-state index contributed by atoms with van der Waals surface area (Å²) in [5.74, 6) is 0.541. The minimum Gasteiger partial charge on any atom is -0.300 e. The Morgan fingerprint density at radius 2 is 1.46 bits per heavy atom. The van der Waals surface area contributed by atoms with Crippen molar-refractivity contribution in [2.24, 2.45) is 11.8 Å². The van der Waals surface area contributed by atoms with Crippen LogP contribution in [-0.4, -0.2) is 34.3 Å². The highest BCUT2D eigenvalue weighted by molar-refractivity contribution is 7.81. The molecule has 0 radical (unpaired) electrons. The molecule has 1 aliphatic heterocycles. The topological polar surface area (TPSA) is 54.5 Å². The first-order valence-corrected chi connectivity index (χ1v) is 10.0. The summed E-state index contributed by atoms with van der Waals surface area (Å²) in [5, 5.41) is -0.453. The second-order valence-electron chi connectivity index (χ2n) is 5.39. The molecule has 1 heterocycles. The van der Waals surface area contributed by atoms with E-state index in [1.807, 2.05) is 41.5 Å². The molecule has 0 aromatic heterocycles. The van der Waals surface area contributed by atoms with Crippen LogP contribution in [0.4, 0.5) is 0 Å². The molecule has 2 aliphatic rings. The number of ketones is 1. The summed E-state index contributed by atoms with van der Waals surface area (Å²) in [5.41, 5.74) is 0. The van der Waals surface area contributed by atoms with Crippen molar-refractivity contribution < 1.29 is 14.4 Å². The van der Waals surface area contributed by atoms with Gasteiger partial charge in [0.05, 0.1) is 5.25 Å². The minimum absolute atomic E-state index is 0.103. The van der Waals surface area contributed by atoms with E-state index in [9.17, 15) is 14.4 Å². The molecule has 0 spiro atoms. The molecule has 0 N–H and O–H groups in total. The Balaban J connectivity index is 0. The summed E-state index contributed by atoms with van der Waals surface area (Å²) >= 11 is 4.11. The normalized spacial score (nSPS) is 25.5. The number of thiol groups is 1. The van der Waals surface area contributed by atoms with Crippen LogP contribution in [0, 0.1) is 11.8 Å². The monoisotopic (exact) mass is 359 g/mol. The van der Waals surface area contributed by atoms with Crippen LogP contribution in [0.1, 0.15) is 80.6 Å². The molecule has 1 saturated carbocycles. The number of imide groups is 1. The summed E-state index contributed by atoms with van der Waals surface area (Å²) in [6, 6.07) is 0. The lowest BCUT2D eigenvalue weighted by molar-refractivity contribution is -0.139. The van der Waals surface area contributed by atoms with Crippen molar-refractivity contribution in [2.45, 2.75) is 85.8 Å². The van der Waals surface area contributed by atoms with Gasteiger partial charge in [-0.1, -0.05) is 41.5 Å². The number of amides is 2. The zero-order valence-corrected chi connectivity index (χ0v) is 17.5. The van der Waals surface area contributed by atoms with Crippen molar-refractivity contribution in [3.8, 4) is 0 Å². The van der Waals surface area contributed by atoms with E-state index in [4.69, 9.17) is 0 Å². The number of carbonyl (C=O) groups excluding carboxylic acids is 3. The van der Waals surface area contributed by atoms with Gasteiger partial charge in [-0.05, 0) is 38.5 Å². The van der Waals surface area contributed by atoms with Gasteiger partial charge in [-0.25, -0.2) is 0 Å². The van der Waals surface area contributed by atoms with Crippen LogP contribution in [-0.2, 0) is 14.4 Å². The van der Waals surface area contributed by atoms with Gasteiger partial charge in [-0.2, -0.15) is 12.6 Å². The van der Waals surface area contributed by atoms with Crippen molar-refractivity contribution in [2.75, 3.05) is 6.54 Å². The predicted molar refractivity (Wildman–Crippen MR) is 104 cm³/mol. The molecule has 142 valence electrons. The molecule has 1 aliphatic carbocycles. The number of hydrogen-bond acceptors (Lipinski definition) is 4. The summed E-state index contributed by atoms with van der Waals surface area (Å²) in [4.78, 5) is 36.0. The Morgan fingerprint density at radius 3 is 1.79 bits per heavy atom. The first kappa shape index (κ1) is 25.4. The maximum absolute atomic E-state index is 11.7. The second-order valence-corrected chi connectivity index (χ2v) is 6.01. The number of carbonyl (C=O) groups is 3. The van der Waals surface area contributed by atoms with Crippen LogP contribution < -0.4 is 0 Å². The van der Waals surface area contributed by atoms with Gasteiger partial charge in [0.1, 0.15) is 5.78 Å². The molecule has 24 heavy (non-hydrogen) atoms. The molecule has 2 amide bonds. The number of Topliss-reactive ketones (excluding diaryl/α,β-unsaturated/α-hetero) is 1. The van der Waals surface area contributed by atoms with E-state index in [2.05, 4.69) is 12.6 Å². The van der Waals surface area contributed by atoms with Crippen molar-refractivity contribution in [3.63, 3.8) is 0 Å². The lowest BCUT2D eigenvalue weighted by Crippen LogP contribution is -2.37. The fourth-order valence-electron chi connectivity index (χ4n) is 2.87. The first-order valence-electron chi connectivity index (χ1n) is 9.51. The SMILES string of the molecule is CC.CC.CC.CC(=O)C1CCC(CN2C(=O)CC(S)C2=O)CC1. The number of hydrogen-bond donors (Lipinski definition) is 1. The minimum atomic E-state index is -0.453. The smallest absolute Gasteiger partial charge is 0.242 e. The third-order valence-electron chi connectivity index (χ3n) is 4.08. The maximum atomic E-state index is 11.7. The zero-order chi connectivity index (χ0) is 19.3. The largest absolute Gasteiger partial charge is 0.300 e. The van der Waals surface area contributed by atoms with Gasteiger partial charge < -0.3 is 0 Å². The van der Waals surface area contributed by atoms with Gasteiger partial charge in [-0.15, -0.1) is 0 Å². The number of likely N-dealkylation sites (tertiary alicyclic amines) is 1. The van der Waals surface area contributed by atoms with Crippen LogP contribution in [0.5, 0.6) is 0 Å². The van der Waals surface area contributed by atoms with Gasteiger partial charge in [0.15, 0.2) is 0 Å². The standard InChI is InChI=1S/C13H19NO3S.3C2H6/c1-8(15)10-4-2-9(3-5-10)7-14-12(16)6-11(18)13(14)17;3*1-2/h9-11,18H,2-7H2,1H3;3*1-2H3. The summed E-state index contributed by atoms with van der Waals surface area (Å²) in [7, 11) is 0. The summed E-state index contributed by atoms with van der Waals surface area (Å²) in [6.07, 6.45) is 3.86. The molecule has 5 heteroatoms. The van der Waals surface area contributed by atoms with E-state index in [0.717, 1.165) is 25.7 Å².